The second-order valence-electron chi connectivity index (χ2n) is 4.61. The van der Waals surface area contributed by atoms with Gasteiger partial charge in [0.1, 0.15) is 0 Å². The minimum atomic E-state index is -0.530. The maximum Gasteiger partial charge on any atom is 0.271 e. The molecule has 2 N–H and O–H groups in total. The number of rotatable bonds is 3. The molecule has 0 radical (unpaired) electrons. The maximum atomic E-state index is 12.0. The van der Waals surface area contributed by atoms with E-state index in [4.69, 9.17) is 11.6 Å². The molecule has 102 valence electrons. The number of carbonyl (C=O) groups excluding carboxylic acids is 1. The van der Waals surface area contributed by atoms with E-state index in [2.05, 4.69) is 10.6 Å². The molecule has 7 heteroatoms. The molecule has 0 aromatic heterocycles. The van der Waals surface area contributed by atoms with Crippen molar-refractivity contribution in [1.82, 2.24) is 5.32 Å². The number of nitro benzene ring substituents is 1. The fourth-order valence-electron chi connectivity index (χ4n) is 2.11. The molecule has 0 bridgehead atoms. The summed E-state index contributed by atoms with van der Waals surface area (Å²) in [4.78, 5) is 22.1. The fraction of sp³-hybridized carbons (Fsp3) is 0.417. The molecule has 0 aliphatic carbocycles. The molecule has 1 amide bonds. The van der Waals surface area contributed by atoms with E-state index in [-0.39, 0.29) is 28.6 Å². The first kappa shape index (κ1) is 13.8. The van der Waals surface area contributed by atoms with E-state index in [1.807, 2.05) is 6.92 Å². The predicted molar refractivity (Wildman–Crippen MR) is 72.3 cm³/mol. The number of hydrogen-bond donors (Lipinski definition) is 2. The molecule has 6 nitrogen and oxygen atoms in total. The lowest BCUT2D eigenvalue weighted by Gasteiger charge is -2.15. The van der Waals surface area contributed by atoms with Crippen molar-refractivity contribution >= 4 is 28.9 Å². The van der Waals surface area contributed by atoms with Crippen LogP contribution in [-0.4, -0.2) is 23.4 Å². The van der Waals surface area contributed by atoms with Gasteiger partial charge in [0.25, 0.3) is 5.69 Å². The van der Waals surface area contributed by atoms with Crippen LogP contribution >= 0.6 is 11.6 Å². The summed E-state index contributed by atoms with van der Waals surface area (Å²) in [7, 11) is 0. The van der Waals surface area contributed by atoms with Crippen LogP contribution in [0.15, 0.2) is 18.2 Å². The lowest BCUT2D eigenvalue weighted by Crippen LogP contribution is -2.39. The van der Waals surface area contributed by atoms with Crippen molar-refractivity contribution in [3.05, 3.63) is 33.3 Å². The molecule has 1 aliphatic heterocycles. The van der Waals surface area contributed by atoms with Crippen molar-refractivity contribution in [2.45, 2.75) is 19.4 Å². The molecule has 2 unspecified atom stereocenters. The lowest BCUT2D eigenvalue weighted by molar-refractivity contribution is -0.384. The second kappa shape index (κ2) is 5.54. The molecule has 1 fully saturated rings. The van der Waals surface area contributed by atoms with Gasteiger partial charge in [0, 0.05) is 12.1 Å². The van der Waals surface area contributed by atoms with Gasteiger partial charge in [0.15, 0.2) is 0 Å². The Morgan fingerprint density at radius 2 is 2.32 bits per heavy atom. The number of halogens is 1. The highest BCUT2D eigenvalue weighted by molar-refractivity contribution is 6.34. The number of anilines is 1. The van der Waals surface area contributed by atoms with Crippen molar-refractivity contribution < 1.29 is 9.72 Å². The van der Waals surface area contributed by atoms with Crippen molar-refractivity contribution in [2.75, 3.05) is 11.9 Å². The predicted octanol–water partition coefficient (Wildman–Crippen LogP) is 2.18. The van der Waals surface area contributed by atoms with E-state index in [9.17, 15) is 14.9 Å². The van der Waals surface area contributed by atoms with Crippen LogP contribution in [0.4, 0.5) is 11.4 Å². The second-order valence-corrected chi connectivity index (χ2v) is 5.02. The normalized spacial score (nSPS) is 22.2. The number of nitro groups is 1. The minimum Gasteiger partial charge on any atom is -0.323 e. The summed E-state index contributed by atoms with van der Waals surface area (Å²) in [5.41, 5.74) is 0.286. The van der Waals surface area contributed by atoms with Crippen molar-refractivity contribution in [1.29, 1.82) is 0 Å². The molecule has 1 aromatic carbocycles. The molecule has 0 saturated carbocycles. The van der Waals surface area contributed by atoms with Crippen LogP contribution in [0.3, 0.4) is 0 Å². The van der Waals surface area contributed by atoms with Gasteiger partial charge in [-0.2, -0.15) is 0 Å². The molecular weight excluding hydrogens is 270 g/mol. The zero-order valence-electron chi connectivity index (χ0n) is 10.4. The van der Waals surface area contributed by atoms with Crippen LogP contribution < -0.4 is 10.6 Å². The summed E-state index contributed by atoms with van der Waals surface area (Å²) in [6.45, 7) is 2.81. The average molecular weight is 284 g/mol. The Kier molecular flexibility index (Phi) is 4.01. The summed E-state index contributed by atoms with van der Waals surface area (Å²) in [6.07, 6.45) is 0.950. The van der Waals surface area contributed by atoms with Gasteiger partial charge < -0.3 is 10.6 Å². The summed E-state index contributed by atoms with van der Waals surface area (Å²) in [6, 6.07) is 3.74. The van der Waals surface area contributed by atoms with Gasteiger partial charge in [0.05, 0.1) is 21.7 Å². The zero-order chi connectivity index (χ0) is 14.0. The van der Waals surface area contributed by atoms with Gasteiger partial charge in [-0.3, -0.25) is 14.9 Å². The molecule has 1 heterocycles. The molecule has 0 spiro atoms. The lowest BCUT2D eigenvalue weighted by atomic mass is 10.0. The highest BCUT2D eigenvalue weighted by atomic mass is 35.5. The fourth-order valence-corrected chi connectivity index (χ4v) is 2.34. The van der Waals surface area contributed by atoms with Crippen molar-refractivity contribution in [3.8, 4) is 0 Å². The number of nitrogens with zero attached hydrogens (tertiary/aromatic N) is 1. The van der Waals surface area contributed by atoms with Crippen LogP contribution in [0.2, 0.25) is 5.02 Å². The van der Waals surface area contributed by atoms with E-state index in [1.165, 1.54) is 18.2 Å². The highest BCUT2D eigenvalue weighted by Gasteiger charge is 2.29. The van der Waals surface area contributed by atoms with Gasteiger partial charge in [-0.1, -0.05) is 18.5 Å². The zero-order valence-corrected chi connectivity index (χ0v) is 11.1. The Morgan fingerprint density at radius 3 is 2.84 bits per heavy atom. The van der Waals surface area contributed by atoms with Crippen LogP contribution in [0.5, 0.6) is 0 Å². The molecule has 1 aliphatic rings. The van der Waals surface area contributed by atoms with Gasteiger partial charge in [-0.15, -0.1) is 0 Å². The Labute approximate surface area is 115 Å². The SMILES string of the molecule is CC1CCNC1C(=O)Nc1ccc([N+](=O)[O-])cc1Cl. The number of benzene rings is 1. The highest BCUT2D eigenvalue weighted by Crippen LogP contribution is 2.27. The quantitative estimate of drug-likeness (QED) is 0.658. The topological polar surface area (TPSA) is 84.3 Å². The first-order valence-electron chi connectivity index (χ1n) is 5.97. The molecule has 2 atom stereocenters. The summed E-state index contributed by atoms with van der Waals surface area (Å²) in [5.74, 6) is 0.0950. The first-order valence-corrected chi connectivity index (χ1v) is 6.35. The molecule has 2 rings (SSSR count). The average Bonchev–Trinajstić information content (AvgIpc) is 2.77. The third kappa shape index (κ3) is 3.02. The van der Waals surface area contributed by atoms with Crippen molar-refractivity contribution in [2.24, 2.45) is 5.92 Å². The summed E-state index contributed by atoms with van der Waals surface area (Å²) < 4.78 is 0. The number of amides is 1. The standard InChI is InChI=1S/C12H14ClN3O3/c1-7-4-5-14-11(7)12(17)15-10-3-2-8(16(18)19)6-9(10)13/h2-3,6-7,11,14H,4-5H2,1H3,(H,15,17). The molecular formula is C12H14ClN3O3. The Balaban J connectivity index is 2.11. The van der Waals surface area contributed by atoms with Crippen LogP contribution in [-0.2, 0) is 4.79 Å². The Bertz CT molecular complexity index is 521. The van der Waals surface area contributed by atoms with Gasteiger partial charge in [-0.25, -0.2) is 0 Å². The number of hydrogen-bond acceptors (Lipinski definition) is 4. The third-order valence-electron chi connectivity index (χ3n) is 3.24. The largest absolute Gasteiger partial charge is 0.323 e. The molecule has 1 saturated heterocycles. The summed E-state index contributed by atoms with van der Waals surface area (Å²) >= 11 is 5.92. The van der Waals surface area contributed by atoms with Gasteiger partial charge in [-0.05, 0) is 24.9 Å². The number of nitrogens with one attached hydrogen (secondary N) is 2. The monoisotopic (exact) mass is 283 g/mol. The van der Waals surface area contributed by atoms with E-state index in [0.717, 1.165) is 13.0 Å². The minimum absolute atomic E-state index is 0.102. The van der Waals surface area contributed by atoms with E-state index < -0.39 is 4.92 Å². The van der Waals surface area contributed by atoms with Crippen LogP contribution in [0, 0.1) is 16.0 Å². The molecule has 1 aromatic rings. The first-order chi connectivity index (χ1) is 8.99. The van der Waals surface area contributed by atoms with Crippen molar-refractivity contribution in [3.63, 3.8) is 0 Å². The van der Waals surface area contributed by atoms with E-state index in [1.54, 1.807) is 0 Å². The summed E-state index contributed by atoms with van der Waals surface area (Å²) in [5, 5.41) is 16.6. The third-order valence-corrected chi connectivity index (χ3v) is 3.55. The van der Waals surface area contributed by atoms with E-state index in [0.29, 0.717) is 5.69 Å². The van der Waals surface area contributed by atoms with Crippen LogP contribution in [0.1, 0.15) is 13.3 Å². The van der Waals surface area contributed by atoms with Gasteiger partial charge in [0.2, 0.25) is 5.91 Å². The maximum absolute atomic E-state index is 12.0. The Hall–Kier alpha value is -1.66. The molecule has 19 heavy (non-hydrogen) atoms. The smallest absolute Gasteiger partial charge is 0.271 e. The Morgan fingerprint density at radius 1 is 1.58 bits per heavy atom. The van der Waals surface area contributed by atoms with Crippen LogP contribution in [0.25, 0.3) is 0 Å². The number of non-ortho nitro benzene ring substituents is 1. The number of carbonyl (C=O) groups is 1. The van der Waals surface area contributed by atoms with Gasteiger partial charge >= 0.3 is 0 Å². The van der Waals surface area contributed by atoms with E-state index >= 15 is 0 Å².